The number of amides is 1. The van der Waals surface area contributed by atoms with Gasteiger partial charge < -0.3 is 10.6 Å². The van der Waals surface area contributed by atoms with Crippen LogP contribution in [0.1, 0.15) is 5.56 Å². The van der Waals surface area contributed by atoms with Crippen LogP contribution in [0, 0.1) is 0 Å². The molecule has 0 atom stereocenters. The van der Waals surface area contributed by atoms with Gasteiger partial charge in [0.05, 0.1) is 26.2 Å². The summed E-state index contributed by atoms with van der Waals surface area (Å²) in [5.41, 5.74) is 2.08. The molecule has 0 radical (unpaired) electrons. The Hall–Kier alpha value is -2.03. The molecule has 0 unspecified atom stereocenters. The summed E-state index contributed by atoms with van der Waals surface area (Å²) in [6, 6.07) is 8.80. The van der Waals surface area contributed by atoms with Crippen LogP contribution in [0.5, 0.6) is 0 Å². The van der Waals surface area contributed by atoms with Crippen molar-refractivity contribution in [2.45, 2.75) is 0 Å². The van der Waals surface area contributed by atoms with E-state index in [9.17, 15) is 4.79 Å². The number of hydrogen-bond donors (Lipinski definition) is 2. The van der Waals surface area contributed by atoms with Crippen molar-refractivity contribution in [1.82, 2.24) is 9.97 Å². The van der Waals surface area contributed by atoms with Crippen LogP contribution in [0.3, 0.4) is 0 Å². The Morgan fingerprint density at radius 3 is 2.50 bits per heavy atom. The molecule has 0 fully saturated rings. The number of amidine groups is 1. The number of benzene rings is 2. The van der Waals surface area contributed by atoms with Gasteiger partial charge in [-0.05, 0) is 47.7 Å². The van der Waals surface area contributed by atoms with Gasteiger partial charge in [0.2, 0.25) is 0 Å². The predicted molar refractivity (Wildman–Crippen MR) is 129 cm³/mol. The molecular formula is C19H13Cl4N5OS. The van der Waals surface area contributed by atoms with Crippen LogP contribution in [-0.2, 0) is 4.79 Å². The van der Waals surface area contributed by atoms with Gasteiger partial charge in [-0.25, -0.2) is 9.97 Å². The first-order chi connectivity index (χ1) is 13.9. The van der Waals surface area contributed by atoms with Crippen molar-refractivity contribution in [1.29, 1.82) is 0 Å². The molecule has 4 rings (SSSR count). The third-order valence-corrected chi connectivity index (χ3v) is 5.77. The molecule has 1 aliphatic heterocycles. The van der Waals surface area contributed by atoms with Gasteiger partial charge in [0.1, 0.15) is 12.1 Å². The summed E-state index contributed by atoms with van der Waals surface area (Å²) >= 11 is 19.5. The second-order valence-electron chi connectivity index (χ2n) is 5.95. The Morgan fingerprint density at radius 2 is 1.80 bits per heavy atom. The molecule has 0 spiro atoms. The largest absolute Gasteiger partial charge is 0.373 e. The molecule has 3 aromatic rings. The first-order valence-electron chi connectivity index (χ1n) is 8.31. The highest BCUT2D eigenvalue weighted by molar-refractivity contribution is 8.18. The van der Waals surface area contributed by atoms with Crippen LogP contribution < -0.4 is 10.6 Å². The number of rotatable bonds is 3. The van der Waals surface area contributed by atoms with Crippen molar-refractivity contribution in [2.75, 3.05) is 17.7 Å². The molecule has 0 saturated heterocycles. The van der Waals surface area contributed by atoms with E-state index < -0.39 is 0 Å². The van der Waals surface area contributed by atoms with Crippen LogP contribution in [0.4, 0.5) is 11.5 Å². The van der Waals surface area contributed by atoms with Crippen LogP contribution in [0.15, 0.2) is 46.6 Å². The van der Waals surface area contributed by atoms with E-state index >= 15 is 0 Å². The van der Waals surface area contributed by atoms with Crippen molar-refractivity contribution < 1.29 is 4.79 Å². The highest BCUT2D eigenvalue weighted by atomic mass is 35.5. The van der Waals surface area contributed by atoms with Crippen molar-refractivity contribution >= 4 is 98.5 Å². The van der Waals surface area contributed by atoms with Gasteiger partial charge in [0.25, 0.3) is 5.91 Å². The maximum atomic E-state index is 12.3. The quantitative estimate of drug-likeness (QED) is 0.420. The molecule has 0 bridgehead atoms. The lowest BCUT2D eigenvalue weighted by atomic mass is 10.1. The lowest BCUT2D eigenvalue weighted by Crippen LogP contribution is -2.06. The van der Waals surface area contributed by atoms with Gasteiger partial charge in [0, 0.05) is 17.5 Å². The zero-order chi connectivity index (χ0) is 20.5. The third-order valence-electron chi connectivity index (χ3n) is 4.05. The molecule has 154 valence electrons. The van der Waals surface area contributed by atoms with Gasteiger partial charge in [-0.2, -0.15) is 4.99 Å². The minimum Gasteiger partial charge on any atom is -0.373 e. The molecule has 2 N–H and O–H groups in total. The summed E-state index contributed by atoms with van der Waals surface area (Å²) < 4.78 is 0. The summed E-state index contributed by atoms with van der Waals surface area (Å²) in [5, 5.41) is 8.37. The topological polar surface area (TPSA) is 79.3 Å². The second kappa shape index (κ2) is 9.41. The van der Waals surface area contributed by atoms with Gasteiger partial charge in [-0.1, -0.05) is 40.9 Å². The van der Waals surface area contributed by atoms with Gasteiger partial charge in [-0.3, -0.25) is 4.79 Å². The third kappa shape index (κ3) is 4.66. The summed E-state index contributed by atoms with van der Waals surface area (Å²) in [6.07, 6.45) is 3.27. The SMILES string of the molecule is CNc1ncnc2ccc(C=C3SC(Nc4c(Cl)cc(Cl)cc4Cl)=NC3=O)cc12.Cl. The van der Waals surface area contributed by atoms with Crippen LogP contribution >= 0.6 is 59.0 Å². The highest BCUT2D eigenvalue weighted by Crippen LogP contribution is 2.37. The number of aromatic nitrogens is 2. The number of halogens is 4. The van der Waals surface area contributed by atoms with Crippen LogP contribution in [-0.4, -0.2) is 28.1 Å². The second-order valence-corrected chi connectivity index (χ2v) is 8.23. The smallest absolute Gasteiger partial charge is 0.286 e. The fourth-order valence-electron chi connectivity index (χ4n) is 2.75. The maximum absolute atomic E-state index is 12.3. The molecule has 11 heteroatoms. The fourth-order valence-corrected chi connectivity index (χ4v) is 4.48. The molecule has 6 nitrogen and oxygen atoms in total. The number of aliphatic imine (C=N–C) groups is 1. The molecule has 2 aromatic carbocycles. The number of anilines is 2. The number of nitrogens with one attached hydrogen (secondary N) is 2. The Kier molecular flexibility index (Phi) is 7.10. The highest BCUT2D eigenvalue weighted by Gasteiger charge is 2.23. The Bertz CT molecular complexity index is 1190. The summed E-state index contributed by atoms with van der Waals surface area (Å²) in [7, 11) is 1.79. The Labute approximate surface area is 197 Å². The van der Waals surface area contributed by atoms with Crippen molar-refractivity contribution in [3.8, 4) is 0 Å². The van der Waals surface area contributed by atoms with Gasteiger partial charge in [-0.15, -0.1) is 12.4 Å². The van der Waals surface area contributed by atoms with E-state index in [1.165, 1.54) is 18.1 Å². The normalized spacial score (nSPS) is 14.6. The minimum absolute atomic E-state index is 0. The summed E-state index contributed by atoms with van der Waals surface area (Å²) in [4.78, 5) is 25.3. The van der Waals surface area contributed by atoms with Crippen molar-refractivity contribution in [3.05, 3.63) is 62.2 Å². The number of carbonyl (C=O) groups is 1. The number of nitrogens with zero attached hydrogens (tertiary/aromatic N) is 3. The Morgan fingerprint density at radius 1 is 1.07 bits per heavy atom. The minimum atomic E-state index is -0.350. The van der Waals surface area contributed by atoms with E-state index in [0.29, 0.717) is 36.6 Å². The monoisotopic (exact) mass is 499 g/mol. The zero-order valence-electron chi connectivity index (χ0n) is 15.2. The zero-order valence-corrected chi connectivity index (χ0v) is 19.1. The van der Waals surface area contributed by atoms with E-state index in [0.717, 1.165) is 16.5 Å². The van der Waals surface area contributed by atoms with E-state index in [4.69, 9.17) is 34.8 Å². The molecule has 1 aromatic heterocycles. The van der Waals surface area contributed by atoms with Crippen LogP contribution in [0.25, 0.3) is 17.0 Å². The van der Waals surface area contributed by atoms with E-state index in [1.54, 1.807) is 25.3 Å². The van der Waals surface area contributed by atoms with E-state index in [1.807, 2.05) is 18.2 Å². The van der Waals surface area contributed by atoms with Crippen molar-refractivity contribution in [2.24, 2.45) is 4.99 Å². The molecule has 2 heterocycles. The van der Waals surface area contributed by atoms with Gasteiger partial charge in [0.15, 0.2) is 5.17 Å². The molecule has 30 heavy (non-hydrogen) atoms. The average molecular weight is 501 g/mol. The lowest BCUT2D eigenvalue weighted by molar-refractivity contribution is -0.113. The first kappa shape index (κ1) is 22.7. The summed E-state index contributed by atoms with van der Waals surface area (Å²) in [6.45, 7) is 0. The maximum Gasteiger partial charge on any atom is 0.286 e. The average Bonchev–Trinajstić information content (AvgIpc) is 3.03. The van der Waals surface area contributed by atoms with Crippen LogP contribution in [0.2, 0.25) is 15.1 Å². The first-order valence-corrected chi connectivity index (χ1v) is 10.3. The number of thioether (sulfide) groups is 1. The molecular weight excluding hydrogens is 488 g/mol. The lowest BCUT2D eigenvalue weighted by Gasteiger charge is -2.09. The molecule has 1 aliphatic rings. The predicted octanol–water partition coefficient (Wildman–Crippen LogP) is 6.14. The number of carbonyl (C=O) groups excluding carboxylic acids is 1. The number of fused-ring (bicyclic) bond motifs is 1. The summed E-state index contributed by atoms with van der Waals surface area (Å²) in [5.74, 6) is 0.364. The van der Waals surface area contributed by atoms with Crippen molar-refractivity contribution in [3.63, 3.8) is 0 Å². The van der Waals surface area contributed by atoms with Gasteiger partial charge >= 0.3 is 0 Å². The Balaban J connectivity index is 0.00000256. The molecule has 1 amide bonds. The standard InChI is InChI=1S/C19H12Cl3N5OS.ClH/c1-23-17-11-4-9(2-3-14(11)24-8-25-17)5-15-18(28)27-19(29-15)26-16-12(21)6-10(20)7-13(16)22;/h2-8H,1H3,(H,23,24,25)(H,26,27,28);1H. The fraction of sp³-hybridized carbons (Fsp3) is 0.0526. The van der Waals surface area contributed by atoms with E-state index in [-0.39, 0.29) is 18.3 Å². The molecule has 0 aliphatic carbocycles. The number of hydrogen-bond acceptors (Lipinski definition) is 6. The molecule has 0 saturated carbocycles. The van der Waals surface area contributed by atoms with E-state index in [2.05, 4.69) is 25.6 Å².